The molecule has 1 heterocycles. The second-order valence-electron chi connectivity index (χ2n) is 4.58. The normalized spacial score (nSPS) is 20.4. The Labute approximate surface area is 100 Å². The molecular formula is C12H17N3O2. The molecule has 1 aromatic rings. The van der Waals surface area contributed by atoms with Gasteiger partial charge in [-0.15, -0.1) is 0 Å². The SMILES string of the molecule is Cc1cc(N2CCC[C@@H](N)C2)ccc1[N+](=O)[O-]. The molecule has 0 radical (unpaired) electrons. The Hall–Kier alpha value is -1.62. The van der Waals surface area contributed by atoms with Gasteiger partial charge in [-0.05, 0) is 31.9 Å². The predicted octanol–water partition coefficient (Wildman–Crippen LogP) is 1.83. The van der Waals surface area contributed by atoms with Crippen LogP contribution in [0.5, 0.6) is 0 Å². The second-order valence-corrected chi connectivity index (χ2v) is 4.58. The van der Waals surface area contributed by atoms with Gasteiger partial charge in [0.05, 0.1) is 4.92 Å². The number of nitro benzene ring substituents is 1. The summed E-state index contributed by atoms with van der Waals surface area (Å²) in [5, 5.41) is 10.7. The second kappa shape index (κ2) is 4.71. The number of nitrogens with zero attached hydrogens (tertiary/aromatic N) is 2. The third kappa shape index (κ3) is 2.55. The predicted molar refractivity (Wildman–Crippen MR) is 67.3 cm³/mol. The third-order valence-corrected chi connectivity index (χ3v) is 3.20. The fourth-order valence-electron chi connectivity index (χ4n) is 2.29. The van der Waals surface area contributed by atoms with Gasteiger partial charge in [0, 0.05) is 36.4 Å². The van der Waals surface area contributed by atoms with E-state index < -0.39 is 0 Å². The monoisotopic (exact) mass is 235 g/mol. The molecule has 5 heteroatoms. The van der Waals surface area contributed by atoms with E-state index in [0.717, 1.165) is 31.6 Å². The van der Waals surface area contributed by atoms with Crippen molar-refractivity contribution in [3.8, 4) is 0 Å². The van der Waals surface area contributed by atoms with Crippen LogP contribution in [0.15, 0.2) is 18.2 Å². The topological polar surface area (TPSA) is 72.4 Å². The molecule has 1 aromatic carbocycles. The molecule has 0 saturated carbocycles. The maximum atomic E-state index is 10.7. The molecule has 0 amide bonds. The van der Waals surface area contributed by atoms with E-state index in [1.807, 2.05) is 12.1 Å². The fraction of sp³-hybridized carbons (Fsp3) is 0.500. The number of piperidine rings is 1. The molecule has 1 saturated heterocycles. The first kappa shape index (κ1) is 11.9. The Bertz CT molecular complexity index is 434. The van der Waals surface area contributed by atoms with Gasteiger partial charge >= 0.3 is 0 Å². The molecule has 0 bridgehead atoms. The van der Waals surface area contributed by atoms with Crippen LogP contribution in [0, 0.1) is 17.0 Å². The number of rotatable bonds is 2. The molecule has 2 N–H and O–H groups in total. The van der Waals surface area contributed by atoms with Gasteiger partial charge in [0.25, 0.3) is 5.69 Å². The van der Waals surface area contributed by atoms with E-state index >= 15 is 0 Å². The van der Waals surface area contributed by atoms with Crippen molar-refractivity contribution >= 4 is 11.4 Å². The number of anilines is 1. The quantitative estimate of drug-likeness (QED) is 0.627. The van der Waals surface area contributed by atoms with Gasteiger partial charge in [0.1, 0.15) is 0 Å². The van der Waals surface area contributed by atoms with Gasteiger partial charge in [0.2, 0.25) is 0 Å². The van der Waals surface area contributed by atoms with E-state index in [0.29, 0.717) is 5.56 Å². The maximum Gasteiger partial charge on any atom is 0.272 e. The number of nitrogens with two attached hydrogens (primary N) is 1. The van der Waals surface area contributed by atoms with E-state index in [4.69, 9.17) is 5.73 Å². The summed E-state index contributed by atoms with van der Waals surface area (Å²) >= 11 is 0. The molecule has 1 aliphatic heterocycles. The van der Waals surface area contributed by atoms with E-state index in [-0.39, 0.29) is 16.7 Å². The van der Waals surface area contributed by atoms with Crippen molar-refractivity contribution in [2.24, 2.45) is 5.73 Å². The lowest BCUT2D eigenvalue weighted by molar-refractivity contribution is -0.385. The maximum absolute atomic E-state index is 10.7. The minimum atomic E-state index is -0.346. The first-order chi connectivity index (χ1) is 8.08. The zero-order valence-electron chi connectivity index (χ0n) is 9.93. The zero-order valence-corrected chi connectivity index (χ0v) is 9.93. The van der Waals surface area contributed by atoms with Gasteiger partial charge < -0.3 is 10.6 Å². The van der Waals surface area contributed by atoms with Gasteiger partial charge in [-0.25, -0.2) is 0 Å². The average Bonchev–Trinajstić information content (AvgIpc) is 2.28. The van der Waals surface area contributed by atoms with Crippen molar-refractivity contribution in [2.45, 2.75) is 25.8 Å². The summed E-state index contributed by atoms with van der Waals surface area (Å²) in [6, 6.07) is 5.46. The smallest absolute Gasteiger partial charge is 0.272 e. The van der Waals surface area contributed by atoms with Crippen LogP contribution in [-0.4, -0.2) is 24.1 Å². The summed E-state index contributed by atoms with van der Waals surface area (Å²) in [4.78, 5) is 12.6. The van der Waals surface area contributed by atoms with Gasteiger partial charge in [-0.3, -0.25) is 10.1 Å². The van der Waals surface area contributed by atoms with Crippen LogP contribution in [-0.2, 0) is 0 Å². The molecule has 0 aliphatic carbocycles. The first-order valence-electron chi connectivity index (χ1n) is 5.83. The molecule has 0 aromatic heterocycles. The molecule has 1 fully saturated rings. The Morgan fingerprint density at radius 3 is 2.88 bits per heavy atom. The van der Waals surface area contributed by atoms with Crippen LogP contribution < -0.4 is 10.6 Å². The van der Waals surface area contributed by atoms with Crippen LogP contribution in [0.25, 0.3) is 0 Å². The van der Waals surface area contributed by atoms with Crippen LogP contribution in [0.3, 0.4) is 0 Å². The van der Waals surface area contributed by atoms with Crippen molar-refractivity contribution in [2.75, 3.05) is 18.0 Å². The molecule has 5 nitrogen and oxygen atoms in total. The standard InChI is InChI=1S/C12H17N3O2/c1-9-7-11(4-5-12(9)15(16)17)14-6-2-3-10(13)8-14/h4-5,7,10H,2-3,6,8,13H2,1H3/t10-/m1/s1. The minimum absolute atomic E-state index is 0.176. The highest BCUT2D eigenvalue weighted by Crippen LogP contribution is 2.26. The minimum Gasteiger partial charge on any atom is -0.370 e. The Morgan fingerprint density at radius 1 is 1.53 bits per heavy atom. The van der Waals surface area contributed by atoms with E-state index in [9.17, 15) is 10.1 Å². The Morgan fingerprint density at radius 2 is 2.29 bits per heavy atom. The van der Waals surface area contributed by atoms with E-state index in [2.05, 4.69) is 4.90 Å². The highest BCUT2D eigenvalue weighted by Gasteiger charge is 2.18. The lowest BCUT2D eigenvalue weighted by Crippen LogP contribution is -2.42. The van der Waals surface area contributed by atoms with E-state index in [1.54, 1.807) is 13.0 Å². The zero-order chi connectivity index (χ0) is 12.4. The molecule has 0 unspecified atom stereocenters. The van der Waals surface area contributed by atoms with Crippen LogP contribution in [0.4, 0.5) is 11.4 Å². The van der Waals surface area contributed by atoms with Crippen molar-refractivity contribution in [1.29, 1.82) is 0 Å². The van der Waals surface area contributed by atoms with Crippen LogP contribution in [0.1, 0.15) is 18.4 Å². The Kier molecular flexibility index (Phi) is 3.28. The van der Waals surface area contributed by atoms with Crippen molar-refractivity contribution < 1.29 is 4.92 Å². The molecule has 17 heavy (non-hydrogen) atoms. The number of hydrogen-bond donors (Lipinski definition) is 1. The van der Waals surface area contributed by atoms with Crippen LogP contribution in [0.2, 0.25) is 0 Å². The highest BCUT2D eigenvalue weighted by atomic mass is 16.6. The third-order valence-electron chi connectivity index (χ3n) is 3.20. The summed E-state index contributed by atoms with van der Waals surface area (Å²) < 4.78 is 0. The lowest BCUT2D eigenvalue weighted by Gasteiger charge is -2.32. The van der Waals surface area contributed by atoms with Gasteiger partial charge in [-0.1, -0.05) is 0 Å². The van der Waals surface area contributed by atoms with Crippen LogP contribution >= 0.6 is 0 Å². The number of aryl methyl sites for hydroxylation is 1. The van der Waals surface area contributed by atoms with Crippen molar-refractivity contribution in [1.82, 2.24) is 0 Å². The number of nitro groups is 1. The Balaban J connectivity index is 2.22. The first-order valence-corrected chi connectivity index (χ1v) is 5.83. The van der Waals surface area contributed by atoms with Gasteiger partial charge in [0.15, 0.2) is 0 Å². The molecular weight excluding hydrogens is 218 g/mol. The summed E-state index contributed by atoms with van der Waals surface area (Å²) in [6.07, 6.45) is 2.14. The number of hydrogen-bond acceptors (Lipinski definition) is 4. The van der Waals surface area contributed by atoms with Crippen molar-refractivity contribution in [3.63, 3.8) is 0 Å². The largest absolute Gasteiger partial charge is 0.370 e. The molecule has 92 valence electrons. The van der Waals surface area contributed by atoms with Crippen molar-refractivity contribution in [3.05, 3.63) is 33.9 Å². The molecule has 0 spiro atoms. The number of benzene rings is 1. The summed E-state index contributed by atoms with van der Waals surface area (Å²) in [5.41, 5.74) is 7.84. The summed E-state index contributed by atoms with van der Waals surface area (Å²) in [5.74, 6) is 0. The van der Waals surface area contributed by atoms with Gasteiger partial charge in [-0.2, -0.15) is 0 Å². The average molecular weight is 235 g/mol. The molecule has 2 rings (SSSR count). The summed E-state index contributed by atoms with van der Waals surface area (Å²) in [6.45, 7) is 3.58. The van der Waals surface area contributed by atoms with E-state index in [1.165, 1.54) is 0 Å². The molecule has 1 atom stereocenters. The molecule has 1 aliphatic rings. The fourth-order valence-corrected chi connectivity index (χ4v) is 2.29. The summed E-state index contributed by atoms with van der Waals surface area (Å²) in [7, 11) is 0. The highest BCUT2D eigenvalue weighted by molar-refractivity contribution is 5.55. The lowest BCUT2D eigenvalue weighted by atomic mass is 10.0.